The van der Waals surface area contributed by atoms with Gasteiger partial charge in [0, 0.05) is 25.9 Å². The summed E-state index contributed by atoms with van der Waals surface area (Å²) in [4.78, 5) is 12.6. The van der Waals surface area contributed by atoms with Crippen LogP contribution in [0.25, 0.3) is 0 Å². The van der Waals surface area contributed by atoms with Crippen molar-refractivity contribution in [2.45, 2.75) is 24.9 Å². The molecular weight excluding hydrogens is 334 g/mol. The number of sulfonamides is 1. The van der Waals surface area contributed by atoms with Crippen molar-refractivity contribution in [1.29, 1.82) is 0 Å². The van der Waals surface area contributed by atoms with Gasteiger partial charge >= 0.3 is 0 Å². The highest BCUT2D eigenvalue weighted by Gasteiger charge is 2.45. The van der Waals surface area contributed by atoms with Crippen LogP contribution in [0.1, 0.15) is 29.6 Å². The van der Waals surface area contributed by atoms with Crippen molar-refractivity contribution in [1.82, 2.24) is 4.31 Å². The summed E-state index contributed by atoms with van der Waals surface area (Å²) in [5, 5.41) is 0. The van der Waals surface area contributed by atoms with Crippen molar-refractivity contribution in [3.05, 3.63) is 17.7 Å². The van der Waals surface area contributed by atoms with E-state index >= 15 is 0 Å². The fraction of sp³-hybridized carbons (Fsp3) is 0.562. The van der Waals surface area contributed by atoms with E-state index in [0.717, 1.165) is 0 Å². The molecule has 2 heterocycles. The predicted octanol–water partition coefficient (Wildman–Crippen LogP) is 1.46. The topological polar surface area (TPSA) is 82.1 Å². The van der Waals surface area contributed by atoms with E-state index in [1.807, 2.05) is 0 Å². The molecule has 0 N–H and O–H groups in total. The van der Waals surface area contributed by atoms with Crippen LogP contribution in [-0.4, -0.2) is 57.7 Å². The highest BCUT2D eigenvalue weighted by molar-refractivity contribution is 7.88. The van der Waals surface area contributed by atoms with Crippen LogP contribution >= 0.6 is 0 Å². The number of benzene rings is 1. The van der Waals surface area contributed by atoms with Gasteiger partial charge in [-0.15, -0.1) is 0 Å². The number of Topliss-reactive ketones (excluding diaryl/α,β-unsaturated/α-hetero) is 1. The van der Waals surface area contributed by atoms with Crippen LogP contribution in [0.4, 0.5) is 0 Å². The molecule has 8 heteroatoms. The van der Waals surface area contributed by atoms with E-state index in [1.54, 1.807) is 12.1 Å². The van der Waals surface area contributed by atoms with E-state index in [0.29, 0.717) is 48.7 Å². The normalized spacial score (nSPS) is 20.4. The Hall–Kier alpha value is -1.80. The van der Waals surface area contributed by atoms with E-state index in [2.05, 4.69) is 0 Å². The van der Waals surface area contributed by atoms with Crippen molar-refractivity contribution in [3.8, 4) is 17.2 Å². The van der Waals surface area contributed by atoms with Crippen molar-refractivity contribution in [3.63, 3.8) is 0 Å². The van der Waals surface area contributed by atoms with Crippen molar-refractivity contribution in [2.75, 3.05) is 33.6 Å². The van der Waals surface area contributed by atoms with Crippen LogP contribution in [0.2, 0.25) is 0 Å². The van der Waals surface area contributed by atoms with Crippen LogP contribution in [0, 0.1) is 0 Å². The maximum atomic E-state index is 12.6. The Bertz CT molecular complexity index is 765. The molecule has 0 aliphatic carbocycles. The SMILES string of the molecule is COc1ccc2c(c1OC)OC1(CCN(S(C)(=O)=O)CC1)CC2=O. The molecule has 2 aliphatic heterocycles. The number of piperidine rings is 1. The van der Waals surface area contributed by atoms with Gasteiger partial charge in [0.25, 0.3) is 0 Å². The number of methoxy groups -OCH3 is 2. The third kappa shape index (κ3) is 2.84. The molecule has 1 aromatic rings. The molecule has 1 spiro atoms. The van der Waals surface area contributed by atoms with Gasteiger partial charge in [-0.2, -0.15) is 0 Å². The quantitative estimate of drug-likeness (QED) is 0.816. The summed E-state index contributed by atoms with van der Waals surface area (Å²) in [6, 6.07) is 3.36. The molecule has 0 bridgehead atoms. The van der Waals surface area contributed by atoms with E-state index < -0.39 is 15.6 Å². The van der Waals surface area contributed by atoms with Crippen molar-refractivity contribution in [2.24, 2.45) is 0 Å². The fourth-order valence-corrected chi connectivity index (χ4v) is 4.21. The number of hydrogen-bond donors (Lipinski definition) is 0. The molecular formula is C16H21NO6S. The minimum Gasteiger partial charge on any atom is -0.493 e. The lowest BCUT2D eigenvalue weighted by Crippen LogP contribution is -2.52. The van der Waals surface area contributed by atoms with Gasteiger partial charge in [0.15, 0.2) is 17.3 Å². The summed E-state index contributed by atoms with van der Waals surface area (Å²) < 4.78 is 41.7. The number of fused-ring (bicyclic) bond motifs is 1. The second-order valence-electron chi connectivity index (χ2n) is 6.22. The van der Waals surface area contributed by atoms with Gasteiger partial charge in [0.1, 0.15) is 5.60 Å². The molecule has 1 fully saturated rings. The molecule has 0 atom stereocenters. The smallest absolute Gasteiger partial charge is 0.211 e. The Kier molecular flexibility index (Phi) is 4.21. The average molecular weight is 355 g/mol. The summed E-state index contributed by atoms with van der Waals surface area (Å²) >= 11 is 0. The first-order chi connectivity index (χ1) is 11.3. The summed E-state index contributed by atoms with van der Waals surface area (Å²) in [5.41, 5.74) is -0.214. The van der Waals surface area contributed by atoms with Gasteiger partial charge in [-0.1, -0.05) is 0 Å². The third-order valence-electron chi connectivity index (χ3n) is 4.70. The van der Waals surface area contributed by atoms with Crippen LogP contribution in [0.5, 0.6) is 17.2 Å². The molecule has 1 aromatic carbocycles. The summed E-state index contributed by atoms with van der Waals surface area (Å²) in [5.74, 6) is 1.26. The Morgan fingerprint density at radius 3 is 2.38 bits per heavy atom. The Morgan fingerprint density at radius 2 is 1.83 bits per heavy atom. The van der Waals surface area contributed by atoms with Crippen molar-refractivity contribution < 1.29 is 27.4 Å². The number of rotatable bonds is 3. The first-order valence-corrected chi connectivity index (χ1v) is 9.57. The summed E-state index contributed by atoms with van der Waals surface area (Å²) in [7, 11) is -0.208. The number of carbonyl (C=O) groups is 1. The van der Waals surface area contributed by atoms with E-state index in [1.165, 1.54) is 24.8 Å². The van der Waals surface area contributed by atoms with Gasteiger partial charge < -0.3 is 14.2 Å². The molecule has 0 unspecified atom stereocenters. The number of nitrogens with zero attached hydrogens (tertiary/aromatic N) is 1. The molecule has 0 aromatic heterocycles. The minimum atomic E-state index is -3.23. The average Bonchev–Trinajstić information content (AvgIpc) is 2.53. The minimum absolute atomic E-state index is 0.0231. The second kappa shape index (κ2) is 5.93. The van der Waals surface area contributed by atoms with E-state index in [4.69, 9.17) is 14.2 Å². The first kappa shape index (κ1) is 17.0. The van der Waals surface area contributed by atoms with Gasteiger partial charge in [0.05, 0.1) is 32.5 Å². The summed E-state index contributed by atoms with van der Waals surface area (Å²) in [6.45, 7) is 0.682. The van der Waals surface area contributed by atoms with Gasteiger partial charge in [-0.3, -0.25) is 4.79 Å². The zero-order valence-corrected chi connectivity index (χ0v) is 14.8. The number of hydrogen-bond acceptors (Lipinski definition) is 6. The largest absolute Gasteiger partial charge is 0.493 e. The van der Waals surface area contributed by atoms with Gasteiger partial charge in [-0.25, -0.2) is 12.7 Å². The number of ether oxygens (including phenoxy) is 3. The Balaban J connectivity index is 1.93. The molecule has 24 heavy (non-hydrogen) atoms. The molecule has 3 rings (SSSR count). The second-order valence-corrected chi connectivity index (χ2v) is 8.21. The van der Waals surface area contributed by atoms with Gasteiger partial charge in [-0.05, 0) is 12.1 Å². The number of carbonyl (C=O) groups excluding carboxylic acids is 1. The molecule has 132 valence electrons. The first-order valence-electron chi connectivity index (χ1n) is 7.72. The number of ketones is 1. The van der Waals surface area contributed by atoms with E-state index in [9.17, 15) is 13.2 Å². The van der Waals surface area contributed by atoms with Crippen molar-refractivity contribution >= 4 is 15.8 Å². The summed E-state index contributed by atoms with van der Waals surface area (Å²) in [6.07, 6.45) is 2.37. The highest BCUT2D eigenvalue weighted by atomic mass is 32.2. The molecule has 0 amide bonds. The zero-order valence-electron chi connectivity index (χ0n) is 14.0. The zero-order chi connectivity index (χ0) is 17.5. The lowest BCUT2D eigenvalue weighted by molar-refractivity contribution is 0.00387. The molecule has 0 saturated carbocycles. The molecule has 7 nitrogen and oxygen atoms in total. The van der Waals surface area contributed by atoms with Crippen LogP contribution in [0.15, 0.2) is 12.1 Å². The molecule has 2 aliphatic rings. The Morgan fingerprint density at radius 1 is 1.17 bits per heavy atom. The highest BCUT2D eigenvalue weighted by Crippen LogP contribution is 2.47. The maximum absolute atomic E-state index is 12.6. The fourth-order valence-electron chi connectivity index (χ4n) is 3.36. The maximum Gasteiger partial charge on any atom is 0.211 e. The van der Waals surface area contributed by atoms with E-state index in [-0.39, 0.29) is 12.2 Å². The lowest BCUT2D eigenvalue weighted by atomic mass is 9.83. The van der Waals surface area contributed by atoms with Crippen LogP contribution in [-0.2, 0) is 10.0 Å². The third-order valence-corrected chi connectivity index (χ3v) is 6.01. The Labute approximate surface area is 141 Å². The molecule has 0 radical (unpaired) electrons. The monoisotopic (exact) mass is 355 g/mol. The van der Waals surface area contributed by atoms with Crippen LogP contribution in [0.3, 0.4) is 0 Å². The molecule has 1 saturated heterocycles. The lowest BCUT2D eigenvalue weighted by Gasteiger charge is -2.43. The van der Waals surface area contributed by atoms with Gasteiger partial charge in [0.2, 0.25) is 15.8 Å². The predicted molar refractivity (Wildman–Crippen MR) is 87.5 cm³/mol. The standard InChI is InChI=1S/C16H21NO6S/c1-21-13-5-4-11-12(18)10-16(23-14(11)15(13)22-2)6-8-17(9-7-16)24(3,19)20/h4-5H,6-10H2,1-3H3. The van der Waals surface area contributed by atoms with Crippen LogP contribution < -0.4 is 14.2 Å².